The highest BCUT2D eigenvalue weighted by Gasteiger charge is 2.19. The maximum absolute atomic E-state index is 12.8. The number of methoxy groups -OCH3 is 1. The zero-order valence-electron chi connectivity index (χ0n) is 16.8. The zero-order chi connectivity index (χ0) is 21.4. The maximum Gasteiger partial charge on any atom is 0.307 e. The van der Waals surface area contributed by atoms with Gasteiger partial charge in [-0.15, -0.1) is 0 Å². The molecule has 156 valence electrons. The van der Waals surface area contributed by atoms with Crippen molar-refractivity contribution in [2.24, 2.45) is 5.92 Å². The number of rotatable bonds is 9. The number of carbonyl (C=O) groups excluding carboxylic acids is 2. The van der Waals surface area contributed by atoms with Crippen molar-refractivity contribution in [3.05, 3.63) is 60.2 Å². The predicted octanol–water partition coefficient (Wildman–Crippen LogP) is 3.15. The fraction of sp³-hybridized carbons (Fsp3) is 0.333. The Labute approximate surface area is 171 Å². The highest BCUT2D eigenvalue weighted by atomic mass is 32.2. The molecule has 1 N–H and O–H groups in total. The molecule has 0 spiro atoms. The standard InChI is InChI=1S/C21H26N2O5S/c1-16(2)15-23(14-13-20(24)28-3)21(25)17-9-11-18(12-10-17)22-29(26,27)19-7-5-4-6-8-19/h4-12,16,22H,13-15H2,1-3H3. The number of amides is 1. The first-order chi connectivity index (χ1) is 13.7. The van der Waals surface area contributed by atoms with E-state index in [0.717, 1.165) is 0 Å². The molecule has 0 unspecified atom stereocenters. The van der Waals surface area contributed by atoms with Gasteiger partial charge in [0, 0.05) is 24.3 Å². The van der Waals surface area contributed by atoms with E-state index in [4.69, 9.17) is 0 Å². The van der Waals surface area contributed by atoms with Gasteiger partial charge in [-0.3, -0.25) is 14.3 Å². The summed E-state index contributed by atoms with van der Waals surface area (Å²) in [4.78, 5) is 26.0. The lowest BCUT2D eigenvalue weighted by Crippen LogP contribution is -2.36. The first-order valence-corrected chi connectivity index (χ1v) is 10.7. The minimum Gasteiger partial charge on any atom is -0.469 e. The number of nitrogens with zero attached hydrogens (tertiary/aromatic N) is 1. The van der Waals surface area contributed by atoms with Gasteiger partial charge in [-0.1, -0.05) is 32.0 Å². The van der Waals surface area contributed by atoms with Crippen LogP contribution in [-0.2, 0) is 19.6 Å². The molecule has 1 amide bonds. The summed E-state index contributed by atoms with van der Waals surface area (Å²) >= 11 is 0. The molecule has 0 saturated heterocycles. The van der Waals surface area contributed by atoms with Crippen LogP contribution in [0.2, 0.25) is 0 Å². The molecule has 2 aromatic rings. The second kappa shape index (κ2) is 10.1. The van der Waals surface area contributed by atoms with Crippen LogP contribution in [0.5, 0.6) is 0 Å². The van der Waals surface area contributed by atoms with E-state index in [1.54, 1.807) is 47.4 Å². The van der Waals surface area contributed by atoms with Crippen molar-refractivity contribution in [3.8, 4) is 0 Å². The third-order valence-electron chi connectivity index (χ3n) is 4.12. The Kier molecular flexibility index (Phi) is 7.78. The molecule has 0 aliphatic rings. The lowest BCUT2D eigenvalue weighted by Gasteiger charge is -2.24. The number of esters is 1. The van der Waals surface area contributed by atoms with E-state index in [2.05, 4.69) is 9.46 Å². The average Bonchev–Trinajstić information content (AvgIpc) is 2.71. The van der Waals surface area contributed by atoms with Gasteiger partial charge in [0.05, 0.1) is 18.4 Å². The predicted molar refractivity (Wildman–Crippen MR) is 111 cm³/mol. The van der Waals surface area contributed by atoms with E-state index >= 15 is 0 Å². The third-order valence-corrected chi connectivity index (χ3v) is 5.52. The zero-order valence-corrected chi connectivity index (χ0v) is 17.6. The van der Waals surface area contributed by atoms with Gasteiger partial charge in [-0.05, 0) is 42.3 Å². The number of hydrogen-bond acceptors (Lipinski definition) is 5. The highest BCUT2D eigenvalue weighted by Crippen LogP contribution is 2.17. The van der Waals surface area contributed by atoms with Crippen LogP contribution in [0.25, 0.3) is 0 Å². The number of hydrogen-bond donors (Lipinski definition) is 1. The third kappa shape index (κ3) is 6.60. The fourth-order valence-corrected chi connectivity index (χ4v) is 3.80. The molecule has 0 radical (unpaired) electrons. The number of ether oxygens (including phenoxy) is 1. The van der Waals surface area contributed by atoms with Gasteiger partial charge in [0.25, 0.3) is 15.9 Å². The van der Waals surface area contributed by atoms with Crippen LogP contribution in [0.3, 0.4) is 0 Å². The van der Waals surface area contributed by atoms with Crippen LogP contribution in [0, 0.1) is 5.92 Å². The molecular formula is C21H26N2O5S. The molecule has 0 aliphatic carbocycles. The van der Waals surface area contributed by atoms with E-state index in [-0.39, 0.29) is 35.7 Å². The first kappa shape index (κ1) is 22.4. The normalized spacial score (nSPS) is 11.2. The molecule has 2 aromatic carbocycles. The molecule has 0 heterocycles. The van der Waals surface area contributed by atoms with E-state index < -0.39 is 10.0 Å². The number of nitrogens with one attached hydrogen (secondary N) is 1. The van der Waals surface area contributed by atoms with Crippen LogP contribution in [0.1, 0.15) is 30.6 Å². The lowest BCUT2D eigenvalue weighted by atomic mass is 10.1. The monoisotopic (exact) mass is 418 g/mol. The van der Waals surface area contributed by atoms with Gasteiger partial charge in [0.1, 0.15) is 0 Å². The summed E-state index contributed by atoms with van der Waals surface area (Å²) in [6, 6.07) is 14.3. The first-order valence-electron chi connectivity index (χ1n) is 9.27. The molecular weight excluding hydrogens is 392 g/mol. The van der Waals surface area contributed by atoms with Crippen LogP contribution in [0.4, 0.5) is 5.69 Å². The molecule has 29 heavy (non-hydrogen) atoms. The van der Waals surface area contributed by atoms with Gasteiger partial charge in [0.2, 0.25) is 0 Å². The van der Waals surface area contributed by atoms with Crippen molar-refractivity contribution in [1.29, 1.82) is 0 Å². The summed E-state index contributed by atoms with van der Waals surface area (Å²) < 4.78 is 31.9. The van der Waals surface area contributed by atoms with E-state index in [9.17, 15) is 18.0 Å². The van der Waals surface area contributed by atoms with Gasteiger partial charge in [-0.25, -0.2) is 8.42 Å². The van der Waals surface area contributed by atoms with E-state index in [1.807, 2.05) is 13.8 Å². The summed E-state index contributed by atoms with van der Waals surface area (Å²) in [6.45, 7) is 4.73. The van der Waals surface area contributed by atoms with Crippen molar-refractivity contribution >= 4 is 27.6 Å². The summed E-state index contributed by atoms with van der Waals surface area (Å²) in [5.41, 5.74) is 0.772. The largest absolute Gasteiger partial charge is 0.469 e. The summed E-state index contributed by atoms with van der Waals surface area (Å²) in [6.07, 6.45) is 0.115. The SMILES string of the molecule is COC(=O)CCN(CC(C)C)C(=O)c1ccc(NS(=O)(=O)c2ccccc2)cc1. The number of benzene rings is 2. The Morgan fingerprint density at radius 1 is 1.03 bits per heavy atom. The van der Waals surface area contributed by atoms with Crippen LogP contribution in [0.15, 0.2) is 59.5 Å². The highest BCUT2D eigenvalue weighted by molar-refractivity contribution is 7.92. The molecule has 2 rings (SSSR count). The molecule has 7 nitrogen and oxygen atoms in total. The van der Waals surface area contributed by atoms with Gasteiger partial charge in [0.15, 0.2) is 0 Å². The number of sulfonamides is 1. The minimum atomic E-state index is -3.70. The van der Waals surface area contributed by atoms with Crippen molar-refractivity contribution in [1.82, 2.24) is 4.90 Å². The quantitative estimate of drug-likeness (QED) is 0.632. The topological polar surface area (TPSA) is 92.8 Å². The van der Waals surface area contributed by atoms with Crippen molar-refractivity contribution < 1.29 is 22.7 Å². The van der Waals surface area contributed by atoms with Crippen molar-refractivity contribution in [2.75, 3.05) is 24.9 Å². The van der Waals surface area contributed by atoms with Crippen LogP contribution in [-0.4, -0.2) is 45.4 Å². The van der Waals surface area contributed by atoms with Gasteiger partial charge in [-0.2, -0.15) is 0 Å². The Bertz CT molecular complexity index is 925. The Morgan fingerprint density at radius 3 is 2.21 bits per heavy atom. The molecule has 0 fully saturated rings. The van der Waals surface area contributed by atoms with Crippen molar-refractivity contribution in [3.63, 3.8) is 0 Å². The Balaban J connectivity index is 2.12. The lowest BCUT2D eigenvalue weighted by molar-refractivity contribution is -0.140. The fourth-order valence-electron chi connectivity index (χ4n) is 2.72. The second-order valence-corrected chi connectivity index (χ2v) is 8.65. The number of anilines is 1. The van der Waals surface area contributed by atoms with E-state index in [0.29, 0.717) is 17.8 Å². The van der Waals surface area contributed by atoms with Crippen LogP contribution < -0.4 is 4.72 Å². The van der Waals surface area contributed by atoms with Crippen molar-refractivity contribution in [2.45, 2.75) is 25.2 Å². The molecule has 0 saturated carbocycles. The van der Waals surface area contributed by atoms with E-state index in [1.165, 1.54) is 19.2 Å². The van der Waals surface area contributed by atoms with Gasteiger partial charge < -0.3 is 9.64 Å². The summed E-state index contributed by atoms with van der Waals surface area (Å²) in [7, 11) is -2.38. The minimum absolute atomic E-state index is 0.115. The summed E-state index contributed by atoms with van der Waals surface area (Å²) in [5.74, 6) is -0.370. The molecule has 0 aromatic heterocycles. The van der Waals surface area contributed by atoms with Crippen LogP contribution >= 0.6 is 0 Å². The smallest absolute Gasteiger partial charge is 0.307 e. The molecule has 0 bridgehead atoms. The Morgan fingerprint density at radius 2 is 1.66 bits per heavy atom. The molecule has 8 heteroatoms. The molecule has 0 atom stereocenters. The number of carbonyl (C=O) groups is 2. The Hall–Kier alpha value is -2.87. The maximum atomic E-state index is 12.8. The van der Waals surface area contributed by atoms with Gasteiger partial charge >= 0.3 is 5.97 Å². The average molecular weight is 419 g/mol. The second-order valence-electron chi connectivity index (χ2n) is 6.97. The molecule has 0 aliphatic heterocycles. The summed E-state index contributed by atoms with van der Waals surface area (Å²) in [5, 5.41) is 0.